The largest absolute Gasteiger partial charge is 0.505 e. The van der Waals surface area contributed by atoms with E-state index in [0.717, 1.165) is 6.07 Å². The Labute approximate surface area is 109 Å². The van der Waals surface area contributed by atoms with Crippen molar-refractivity contribution >= 4 is 11.6 Å². The average Bonchev–Trinajstić information content (AvgIpc) is 2.43. The van der Waals surface area contributed by atoms with Crippen molar-refractivity contribution in [2.24, 2.45) is 5.73 Å². The Morgan fingerprint density at radius 2 is 1.89 bits per heavy atom. The molecule has 4 nitrogen and oxygen atoms in total. The molecule has 0 aliphatic heterocycles. The average molecular weight is 260 g/mol. The number of halogens is 1. The van der Waals surface area contributed by atoms with Crippen LogP contribution in [-0.4, -0.2) is 11.0 Å². The number of carbonyl (C=O) groups excluding carboxylic acids is 1. The number of anilines is 1. The second-order valence-electron chi connectivity index (χ2n) is 4.04. The van der Waals surface area contributed by atoms with E-state index in [1.165, 1.54) is 12.1 Å². The highest BCUT2D eigenvalue weighted by Gasteiger charge is 2.15. The summed E-state index contributed by atoms with van der Waals surface area (Å²) in [7, 11) is 0. The number of amides is 1. The quantitative estimate of drug-likeness (QED) is 0.740. The Balaban J connectivity index is 2.10. The molecule has 0 heterocycles. The lowest BCUT2D eigenvalue weighted by Gasteiger charge is -2.12. The predicted octanol–water partition coefficient (Wildman–Crippen LogP) is 2.17. The van der Waals surface area contributed by atoms with E-state index in [2.05, 4.69) is 5.32 Å². The summed E-state index contributed by atoms with van der Waals surface area (Å²) >= 11 is 0. The van der Waals surface area contributed by atoms with E-state index in [-0.39, 0.29) is 5.69 Å². The molecule has 0 bridgehead atoms. The molecular weight excluding hydrogens is 247 g/mol. The lowest BCUT2D eigenvalue weighted by Crippen LogP contribution is -2.27. The number of hydrogen-bond donors (Lipinski definition) is 3. The van der Waals surface area contributed by atoms with Gasteiger partial charge >= 0.3 is 0 Å². The third kappa shape index (κ3) is 3.08. The number of nitrogens with one attached hydrogen (secondary N) is 1. The van der Waals surface area contributed by atoms with Gasteiger partial charge in [0.1, 0.15) is 6.04 Å². The molecule has 0 unspecified atom stereocenters. The Morgan fingerprint density at radius 1 is 1.21 bits per heavy atom. The van der Waals surface area contributed by atoms with Crippen LogP contribution in [0.2, 0.25) is 0 Å². The van der Waals surface area contributed by atoms with Crippen LogP contribution in [0.25, 0.3) is 0 Å². The molecule has 2 rings (SSSR count). The van der Waals surface area contributed by atoms with Gasteiger partial charge in [0.25, 0.3) is 0 Å². The summed E-state index contributed by atoms with van der Waals surface area (Å²) in [6, 6.07) is 11.6. The number of rotatable bonds is 3. The molecule has 4 N–H and O–H groups in total. The maximum atomic E-state index is 13.1. The lowest BCUT2D eigenvalue weighted by molar-refractivity contribution is -0.117. The van der Waals surface area contributed by atoms with Crippen molar-refractivity contribution in [2.45, 2.75) is 6.04 Å². The number of carbonyl (C=O) groups is 1. The first-order valence-electron chi connectivity index (χ1n) is 5.68. The molecule has 2 aromatic rings. The van der Waals surface area contributed by atoms with Crippen molar-refractivity contribution < 1.29 is 14.3 Å². The first kappa shape index (κ1) is 13.0. The molecule has 0 fully saturated rings. The van der Waals surface area contributed by atoms with Gasteiger partial charge in [-0.15, -0.1) is 0 Å². The fourth-order valence-corrected chi connectivity index (χ4v) is 1.62. The van der Waals surface area contributed by atoms with Gasteiger partial charge in [-0.25, -0.2) is 4.39 Å². The van der Waals surface area contributed by atoms with Gasteiger partial charge in [-0.3, -0.25) is 4.79 Å². The number of hydrogen-bond acceptors (Lipinski definition) is 3. The SMILES string of the molecule is N[C@@H](C(=O)Nc1ccc(O)c(F)c1)c1ccccc1. The molecule has 1 amide bonds. The van der Waals surface area contributed by atoms with Gasteiger partial charge < -0.3 is 16.2 Å². The van der Waals surface area contributed by atoms with E-state index in [9.17, 15) is 9.18 Å². The third-order valence-electron chi connectivity index (χ3n) is 2.66. The Morgan fingerprint density at radius 3 is 2.53 bits per heavy atom. The third-order valence-corrected chi connectivity index (χ3v) is 2.66. The van der Waals surface area contributed by atoms with Crippen LogP contribution in [0.1, 0.15) is 11.6 Å². The Hall–Kier alpha value is -2.40. The Bertz CT molecular complexity index is 587. The summed E-state index contributed by atoms with van der Waals surface area (Å²) in [4.78, 5) is 11.9. The summed E-state index contributed by atoms with van der Waals surface area (Å²) in [5, 5.41) is 11.5. The first-order valence-corrected chi connectivity index (χ1v) is 5.68. The van der Waals surface area contributed by atoms with Crippen molar-refractivity contribution in [2.75, 3.05) is 5.32 Å². The molecule has 0 aliphatic carbocycles. The van der Waals surface area contributed by atoms with Gasteiger partial charge in [0, 0.05) is 11.8 Å². The zero-order valence-electron chi connectivity index (χ0n) is 10.0. The van der Waals surface area contributed by atoms with Crippen LogP contribution >= 0.6 is 0 Å². The minimum absolute atomic E-state index is 0.242. The molecular formula is C14H13FN2O2. The number of benzene rings is 2. The minimum atomic E-state index is -0.835. The van der Waals surface area contributed by atoms with E-state index in [0.29, 0.717) is 5.56 Å². The topological polar surface area (TPSA) is 75.4 Å². The number of nitrogens with two attached hydrogens (primary N) is 1. The number of phenols is 1. The zero-order valence-corrected chi connectivity index (χ0v) is 10.0. The second kappa shape index (κ2) is 5.49. The molecule has 19 heavy (non-hydrogen) atoms. The van der Waals surface area contributed by atoms with Gasteiger partial charge in [-0.05, 0) is 17.7 Å². The molecule has 98 valence electrons. The van der Waals surface area contributed by atoms with Crippen molar-refractivity contribution in [3.8, 4) is 5.75 Å². The van der Waals surface area contributed by atoms with Crippen molar-refractivity contribution in [1.82, 2.24) is 0 Å². The van der Waals surface area contributed by atoms with Gasteiger partial charge in [-0.1, -0.05) is 30.3 Å². The van der Waals surface area contributed by atoms with E-state index in [1.54, 1.807) is 24.3 Å². The zero-order chi connectivity index (χ0) is 13.8. The van der Waals surface area contributed by atoms with E-state index in [4.69, 9.17) is 10.8 Å². The fourth-order valence-electron chi connectivity index (χ4n) is 1.62. The van der Waals surface area contributed by atoms with Crippen LogP contribution in [-0.2, 0) is 4.79 Å². The van der Waals surface area contributed by atoms with Gasteiger partial charge in [0.15, 0.2) is 11.6 Å². The molecule has 0 aromatic heterocycles. The van der Waals surface area contributed by atoms with Gasteiger partial charge in [0.05, 0.1) is 0 Å². The highest BCUT2D eigenvalue weighted by atomic mass is 19.1. The van der Waals surface area contributed by atoms with Crippen molar-refractivity contribution in [1.29, 1.82) is 0 Å². The molecule has 0 saturated carbocycles. The molecule has 5 heteroatoms. The summed E-state index contributed by atoms with van der Waals surface area (Å²) in [5.74, 6) is -1.72. The highest BCUT2D eigenvalue weighted by Crippen LogP contribution is 2.20. The molecule has 0 aliphatic rings. The first-order chi connectivity index (χ1) is 9.08. The van der Waals surface area contributed by atoms with E-state index >= 15 is 0 Å². The van der Waals surface area contributed by atoms with Gasteiger partial charge in [-0.2, -0.15) is 0 Å². The predicted molar refractivity (Wildman–Crippen MR) is 70.1 cm³/mol. The fraction of sp³-hybridized carbons (Fsp3) is 0.0714. The Kier molecular flexibility index (Phi) is 3.77. The van der Waals surface area contributed by atoms with E-state index < -0.39 is 23.5 Å². The van der Waals surface area contributed by atoms with Crippen molar-refractivity contribution in [3.63, 3.8) is 0 Å². The molecule has 0 saturated heterocycles. The summed E-state index contributed by atoms with van der Waals surface area (Å²) < 4.78 is 13.1. The number of aromatic hydroxyl groups is 1. The molecule has 2 aromatic carbocycles. The monoisotopic (exact) mass is 260 g/mol. The van der Waals surface area contributed by atoms with Crippen LogP contribution in [0, 0.1) is 5.82 Å². The van der Waals surface area contributed by atoms with Crippen LogP contribution < -0.4 is 11.1 Å². The summed E-state index contributed by atoms with van der Waals surface area (Å²) in [6.07, 6.45) is 0. The van der Waals surface area contributed by atoms with Gasteiger partial charge in [0.2, 0.25) is 5.91 Å². The normalized spacial score (nSPS) is 11.9. The smallest absolute Gasteiger partial charge is 0.245 e. The maximum Gasteiger partial charge on any atom is 0.245 e. The second-order valence-corrected chi connectivity index (χ2v) is 4.04. The standard InChI is InChI=1S/C14H13FN2O2/c15-11-8-10(6-7-12(11)18)17-14(19)13(16)9-4-2-1-3-5-9/h1-8,13,18H,16H2,(H,17,19)/t13-/m1/s1. The molecule has 0 radical (unpaired) electrons. The molecule has 1 atom stereocenters. The van der Waals surface area contributed by atoms with Crippen LogP contribution in [0.4, 0.5) is 10.1 Å². The van der Waals surface area contributed by atoms with Crippen LogP contribution in [0.5, 0.6) is 5.75 Å². The number of phenolic OH excluding ortho intramolecular Hbond substituents is 1. The van der Waals surface area contributed by atoms with Crippen LogP contribution in [0.15, 0.2) is 48.5 Å². The summed E-state index contributed by atoms with van der Waals surface area (Å²) in [6.45, 7) is 0. The van der Waals surface area contributed by atoms with Crippen LogP contribution in [0.3, 0.4) is 0 Å². The molecule has 0 spiro atoms. The maximum absolute atomic E-state index is 13.1. The summed E-state index contributed by atoms with van der Waals surface area (Å²) in [5.41, 5.74) is 6.71. The minimum Gasteiger partial charge on any atom is -0.505 e. The highest BCUT2D eigenvalue weighted by molar-refractivity contribution is 5.95. The lowest BCUT2D eigenvalue weighted by atomic mass is 10.1. The van der Waals surface area contributed by atoms with E-state index in [1.807, 2.05) is 6.07 Å². The van der Waals surface area contributed by atoms with Crippen molar-refractivity contribution in [3.05, 3.63) is 59.9 Å².